The lowest BCUT2D eigenvalue weighted by molar-refractivity contribution is 0.411. The van der Waals surface area contributed by atoms with E-state index in [1.807, 2.05) is 0 Å². The van der Waals surface area contributed by atoms with Crippen molar-refractivity contribution in [1.82, 2.24) is 0 Å². The molecule has 0 N–H and O–H groups in total. The van der Waals surface area contributed by atoms with E-state index in [2.05, 4.69) is 15.9 Å². The molecule has 0 aromatic heterocycles. The van der Waals surface area contributed by atoms with E-state index in [1.54, 1.807) is 0 Å². The van der Waals surface area contributed by atoms with Gasteiger partial charge in [-0.2, -0.15) is 0 Å². The van der Waals surface area contributed by atoms with E-state index in [0.29, 0.717) is 34.7 Å². The van der Waals surface area contributed by atoms with E-state index in [0.717, 1.165) is 4.31 Å². The van der Waals surface area contributed by atoms with Crippen molar-refractivity contribution in [1.29, 1.82) is 0 Å². The van der Waals surface area contributed by atoms with Crippen LogP contribution in [0, 0.1) is 11.6 Å². The summed E-state index contributed by atoms with van der Waals surface area (Å²) < 4.78 is 60.1. The van der Waals surface area contributed by atoms with Gasteiger partial charge < -0.3 is 4.74 Å². The minimum Gasteiger partial charge on any atom is -0.496 e. The van der Waals surface area contributed by atoms with Gasteiger partial charge in [0.15, 0.2) is 5.82 Å². The number of fused-ring (bicyclic) bond motifs is 1. The van der Waals surface area contributed by atoms with Crippen molar-refractivity contribution in [3.63, 3.8) is 0 Å². The second-order valence-corrected chi connectivity index (χ2v) is 8.09. The molecule has 128 valence electrons. The molecule has 0 aliphatic carbocycles. The molecule has 8 heteroatoms. The number of rotatable bonds is 3. The predicted molar refractivity (Wildman–Crippen MR) is 89.9 cm³/mol. The summed E-state index contributed by atoms with van der Waals surface area (Å²) in [6.45, 7) is 0.140. The van der Waals surface area contributed by atoms with Gasteiger partial charge in [0.2, 0.25) is 0 Å². The van der Waals surface area contributed by atoms with Crippen molar-refractivity contribution in [2.45, 2.75) is 17.7 Å². The zero-order chi connectivity index (χ0) is 17.5. The average molecular weight is 418 g/mol. The van der Waals surface area contributed by atoms with E-state index in [9.17, 15) is 17.2 Å². The van der Waals surface area contributed by atoms with Crippen molar-refractivity contribution in [3.8, 4) is 5.75 Å². The Balaban J connectivity index is 2.11. The maximum atomic E-state index is 14.3. The predicted octanol–water partition coefficient (Wildman–Crippen LogP) is 3.88. The summed E-state index contributed by atoms with van der Waals surface area (Å²) in [6, 6.07) is 6.21. The lowest BCUT2D eigenvalue weighted by Gasteiger charge is -2.31. The van der Waals surface area contributed by atoms with Gasteiger partial charge in [0.25, 0.3) is 10.0 Å². The topological polar surface area (TPSA) is 46.6 Å². The first-order chi connectivity index (χ1) is 11.3. The molecule has 2 aromatic carbocycles. The number of hydrogen-bond acceptors (Lipinski definition) is 3. The highest BCUT2D eigenvalue weighted by atomic mass is 79.9. The Morgan fingerprint density at radius 2 is 1.96 bits per heavy atom. The van der Waals surface area contributed by atoms with Gasteiger partial charge in [-0.3, -0.25) is 4.31 Å². The van der Waals surface area contributed by atoms with Crippen molar-refractivity contribution in [3.05, 3.63) is 52.0 Å². The van der Waals surface area contributed by atoms with Crippen LogP contribution in [0.15, 0.2) is 39.7 Å². The van der Waals surface area contributed by atoms with Gasteiger partial charge >= 0.3 is 0 Å². The van der Waals surface area contributed by atoms with Crippen molar-refractivity contribution >= 4 is 31.6 Å². The van der Waals surface area contributed by atoms with Crippen LogP contribution in [0.2, 0.25) is 0 Å². The number of hydrogen-bond donors (Lipinski definition) is 0. The minimum absolute atomic E-state index is 0.00625. The first-order valence-electron chi connectivity index (χ1n) is 7.19. The molecule has 24 heavy (non-hydrogen) atoms. The molecule has 0 atom stereocenters. The van der Waals surface area contributed by atoms with Gasteiger partial charge in [0.05, 0.1) is 22.2 Å². The lowest BCUT2D eigenvalue weighted by Crippen LogP contribution is -2.36. The largest absolute Gasteiger partial charge is 0.496 e. The molecule has 1 heterocycles. The van der Waals surface area contributed by atoms with Gasteiger partial charge in [0, 0.05) is 12.6 Å². The summed E-state index contributed by atoms with van der Waals surface area (Å²) in [6.07, 6.45) is 0.925. The zero-order valence-corrected chi connectivity index (χ0v) is 15.1. The number of benzene rings is 2. The highest BCUT2D eigenvalue weighted by Gasteiger charge is 2.32. The Kier molecular flexibility index (Phi) is 4.52. The summed E-state index contributed by atoms with van der Waals surface area (Å²) in [5, 5.41) is 0. The highest BCUT2D eigenvalue weighted by molar-refractivity contribution is 9.10. The van der Waals surface area contributed by atoms with Crippen LogP contribution in [0.3, 0.4) is 0 Å². The van der Waals surface area contributed by atoms with E-state index in [4.69, 9.17) is 4.74 Å². The molecule has 2 aromatic rings. The van der Waals surface area contributed by atoms with E-state index >= 15 is 0 Å². The number of ether oxygens (including phenoxy) is 1. The average Bonchev–Trinajstić information content (AvgIpc) is 2.53. The van der Waals surface area contributed by atoms with Gasteiger partial charge in [-0.15, -0.1) is 0 Å². The first kappa shape index (κ1) is 17.2. The molecule has 0 fully saturated rings. The Hall–Kier alpha value is -1.67. The number of nitrogens with zero attached hydrogens (tertiary/aromatic N) is 1. The number of aryl methyl sites for hydroxylation is 1. The summed E-state index contributed by atoms with van der Waals surface area (Å²) >= 11 is 3.25. The smallest absolute Gasteiger partial charge is 0.264 e. The summed E-state index contributed by atoms with van der Waals surface area (Å²) in [7, 11) is -2.50. The molecule has 0 saturated carbocycles. The fraction of sp³-hybridized carbons (Fsp3) is 0.250. The Morgan fingerprint density at radius 3 is 2.62 bits per heavy atom. The molecule has 0 radical (unpaired) electrons. The van der Waals surface area contributed by atoms with Crippen LogP contribution in [0.4, 0.5) is 14.5 Å². The third kappa shape index (κ3) is 2.88. The highest BCUT2D eigenvalue weighted by Crippen LogP contribution is 2.36. The Morgan fingerprint density at radius 1 is 1.21 bits per heavy atom. The second-order valence-electron chi connectivity index (χ2n) is 5.37. The first-order valence-corrected chi connectivity index (χ1v) is 9.42. The maximum absolute atomic E-state index is 14.3. The molecule has 0 amide bonds. The van der Waals surface area contributed by atoms with Crippen LogP contribution in [-0.2, 0) is 16.4 Å². The normalized spacial score (nSPS) is 14.4. The standard InChI is InChI=1S/C16H14BrF2NO3S/c1-23-15-5-4-12(9-13(15)17)24(21,22)20-6-2-3-10-7-11(18)8-14(19)16(10)20/h4-5,7-9H,2-3,6H2,1H3. The van der Waals surface area contributed by atoms with E-state index in [-0.39, 0.29) is 17.1 Å². The Bertz CT molecular complexity index is 902. The van der Waals surface area contributed by atoms with Crippen LogP contribution >= 0.6 is 15.9 Å². The van der Waals surface area contributed by atoms with Crippen LogP contribution in [0.25, 0.3) is 0 Å². The maximum Gasteiger partial charge on any atom is 0.264 e. The number of methoxy groups -OCH3 is 1. The zero-order valence-electron chi connectivity index (χ0n) is 12.7. The number of halogens is 3. The quantitative estimate of drug-likeness (QED) is 0.761. The van der Waals surface area contributed by atoms with Gasteiger partial charge in [-0.05, 0) is 58.6 Å². The van der Waals surface area contributed by atoms with Crippen LogP contribution in [0.1, 0.15) is 12.0 Å². The van der Waals surface area contributed by atoms with Gasteiger partial charge in [-0.1, -0.05) is 0 Å². The third-order valence-corrected chi connectivity index (χ3v) is 6.29. The fourth-order valence-corrected chi connectivity index (χ4v) is 5.06. The molecular weight excluding hydrogens is 404 g/mol. The SMILES string of the molecule is COc1ccc(S(=O)(=O)N2CCCc3cc(F)cc(F)c32)cc1Br. The summed E-state index contributed by atoms with van der Waals surface area (Å²) in [5.41, 5.74) is 0.282. The van der Waals surface area contributed by atoms with Crippen LogP contribution in [0.5, 0.6) is 5.75 Å². The van der Waals surface area contributed by atoms with Crippen LogP contribution < -0.4 is 9.04 Å². The Labute approximate surface area is 147 Å². The van der Waals surface area contributed by atoms with E-state index < -0.39 is 21.7 Å². The van der Waals surface area contributed by atoms with Crippen molar-refractivity contribution in [2.24, 2.45) is 0 Å². The molecule has 1 aliphatic rings. The van der Waals surface area contributed by atoms with Crippen LogP contribution in [-0.4, -0.2) is 22.1 Å². The fourth-order valence-electron chi connectivity index (χ4n) is 2.79. The van der Waals surface area contributed by atoms with Gasteiger partial charge in [0.1, 0.15) is 11.6 Å². The number of sulfonamides is 1. The molecule has 1 aliphatic heterocycles. The van der Waals surface area contributed by atoms with Crippen molar-refractivity contribution in [2.75, 3.05) is 18.0 Å². The molecule has 0 bridgehead atoms. The van der Waals surface area contributed by atoms with E-state index in [1.165, 1.54) is 31.4 Å². The molecule has 0 unspecified atom stereocenters. The monoisotopic (exact) mass is 417 g/mol. The van der Waals surface area contributed by atoms with Crippen molar-refractivity contribution < 1.29 is 21.9 Å². The molecule has 0 saturated heterocycles. The second kappa shape index (κ2) is 6.33. The summed E-state index contributed by atoms with van der Waals surface area (Å²) in [5.74, 6) is -1.10. The summed E-state index contributed by atoms with van der Waals surface area (Å²) in [4.78, 5) is 0.00625. The van der Waals surface area contributed by atoms with Gasteiger partial charge in [-0.25, -0.2) is 17.2 Å². The minimum atomic E-state index is -3.97. The third-order valence-electron chi connectivity index (χ3n) is 3.88. The molecule has 0 spiro atoms. The molecule has 4 nitrogen and oxygen atoms in total. The lowest BCUT2D eigenvalue weighted by atomic mass is 10.0. The number of anilines is 1. The molecule has 3 rings (SSSR count). The molecular formula is C16H14BrF2NO3S.